The van der Waals surface area contributed by atoms with E-state index in [9.17, 15) is 8.42 Å². The number of hydrogen-bond acceptors (Lipinski definition) is 3. The van der Waals surface area contributed by atoms with E-state index in [1.165, 1.54) is 12.8 Å². The van der Waals surface area contributed by atoms with Gasteiger partial charge in [0.15, 0.2) is 0 Å². The first kappa shape index (κ1) is 14.0. The summed E-state index contributed by atoms with van der Waals surface area (Å²) >= 11 is 0. The summed E-state index contributed by atoms with van der Waals surface area (Å²) in [7, 11) is -0.797. The lowest BCUT2D eigenvalue weighted by Gasteiger charge is -2.23. The minimum atomic E-state index is -2.78. The standard InChI is InChI=1S/C12H25NO2S/c1-4-16(14,15)9-5-6-12(13-3)10(2)11-7-8-11/h10-13H,4-9H2,1-3H3. The SMILES string of the molecule is CCS(=O)(=O)CCCC(NC)C(C)C1CC1. The van der Waals surface area contributed by atoms with Crippen molar-refractivity contribution in [2.45, 2.75) is 45.6 Å². The van der Waals surface area contributed by atoms with Crippen molar-refractivity contribution in [2.75, 3.05) is 18.6 Å². The summed E-state index contributed by atoms with van der Waals surface area (Å²) in [5.74, 6) is 2.18. The first-order valence-electron chi connectivity index (χ1n) is 6.38. The zero-order valence-corrected chi connectivity index (χ0v) is 11.5. The summed E-state index contributed by atoms with van der Waals surface area (Å²) in [4.78, 5) is 0. The Balaban J connectivity index is 2.28. The third-order valence-corrected chi connectivity index (χ3v) is 5.57. The molecule has 0 bridgehead atoms. The van der Waals surface area contributed by atoms with Crippen molar-refractivity contribution in [3.8, 4) is 0 Å². The Labute approximate surface area is 99.9 Å². The van der Waals surface area contributed by atoms with Gasteiger partial charge in [0.1, 0.15) is 9.84 Å². The largest absolute Gasteiger partial charge is 0.317 e. The Hall–Kier alpha value is -0.0900. The molecule has 4 heteroatoms. The predicted octanol–water partition coefficient (Wildman–Crippen LogP) is 1.84. The van der Waals surface area contributed by atoms with Crippen LogP contribution in [0, 0.1) is 11.8 Å². The molecule has 1 rings (SSSR count). The van der Waals surface area contributed by atoms with Gasteiger partial charge in [0, 0.05) is 11.8 Å². The minimum Gasteiger partial charge on any atom is -0.317 e. The van der Waals surface area contributed by atoms with Crippen LogP contribution < -0.4 is 5.32 Å². The fraction of sp³-hybridized carbons (Fsp3) is 1.00. The Morgan fingerprint density at radius 1 is 1.38 bits per heavy atom. The Morgan fingerprint density at radius 3 is 2.44 bits per heavy atom. The van der Waals surface area contributed by atoms with Crippen molar-refractivity contribution in [1.29, 1.82) is 0 Å². The fourth-order valence-electron chi connectivity index (χ4n) is 2.29. The van der Waals surface area contributed by atoms with Crippen LogP contribution in [0.5, 0.6) is 0 Å². The third kappa shape index (κ3) is 4.42. The van der Waals surface area contributed by atoms with Gasteiger partial charge in [0.25, 0.3) is 0 Å². The Morgan fingerprint density at radius 2 is 2.00 bits per heavy atom. The lowest BCUT2D eigenvalue weighted by Crippen LogP contribution is -2.33. The van der Waals surface area contributed by atoms with Gasteiger partial charge in [-0.2, -0.15) is 0 Å². The van der Waals surface area contributed by atoms with Crippen LogP contribution in [0.3, 0.4) is 0 Å². The second-order valence-corrected chi connectivity index (χ2v) is 7.44. The minimum absolute atomic E-state index is 0.273. The van der Waals surface area contributed by atoms with Crippen LogP contribution in [0.15, 0.2) is 0 Å². The number of hydrogen-bond donors (Lipinski definition) is 1. The van der Waals surface area contributed by atoms with Crippen LogP contribution in [-0.4, -0.2) is 33.0 Å². The molecule has 1 fully saturated rings. The molecule has 1 aliphatic rings. The highest BCUT2D eigenvalue weighted by atomic mass is 32.2. The molecule has 0 amide bonds. The molecule has 3 nitrogen and oxygen atoms in total. The van der Waals surface area contributed by atoms with Crippen molar-refractivity contribution in [3.05, 3.63) is 0 Å². The van der Waals surface area contributed by atoms with Crippen LogP contribution in [0.25, 0.3) is 0 Å². The van der Waals surface area contributed by atoms with Crippen LogP contribution in [-0.2, 0) is 9.84 Å². The molecule has 0 radical (unpaired) electrons. The van der Waals surface area contributed by atoms with Gasteiger partial charge in [-0.25, -0.2) is 8.42 Å². The molecular weight excluding hydrogens is 222 g/mol. The van der Waals surface area contributed by atoms with E-state index in [-0.39, 0.29) is 5.75 Å². The molecule has 96 valence electrons. The maximum Gasteiger partial charge on any atom is 0.150 e. The Kier molecular flexibility index (Phi) is 5.25. The van der Waals surface area contributed by atoms with E-state index in [0.29, 0.717) is 17.7 Å². The van der Waals surface area contributed by atoms with E-state index in [0.717, 1.165) is 18.8 Å². The smallest absolute Gasteiger partial charge is 0.150 e. The van der Waals surface area contributed by atoms with E-state index in [1.54, 1.807) is 6.92 Å². The maximum atomic E-state index is 11.4. The van der Waals surface area contributed by atoms with Crippen molar-refractivity contribution in [3.63, 3.8) is 0 Å². The molecular formula is C12H25NO2S. The second kappa shape index (κ2) is 6.01. The van der Waals surface area contributed by atoms with Gasteiger partial charge in [-0.15, -0.1) is 0 Å². The van der Waals surface area contributed by atoms with Gasteiger partial charge in [0.05, 0.1) is 5.75 Å². The summed E-state index contributed by atoms with van der Waals surface area (Å²) in [6, 6.07) is 0.486. The van der Waals surface area contributed by atoms with Gasteiger partial charge in [-0.05, 0) is 44.6 Å². The summed E-state index contributed by atoms with van der Waals surface area (Å²) < 4.78 is 22.7. The molecule has 16 heavy (non-hydrogen) atoms. The van der Waals surface area contributed by atoms with Crippen LogP contribution in [0.2, 0.25) is 0 Å². The zero-order chi connectivity index (χ0) is 12.2. The lowest BCUT2D eigenvalue weighted by molar-refractivity contribution is 0.340. The van der Waals surface area contributed by atoms with E-state index in [2.05, 4.69) is 12.2 Å². The third-order valence-electron chi connectivity index (χ3n) is 3.78. The fourth-order valence-corrected chi connectivity index (χ4v) is 3.18. The molecule has 2 unspecified atom stereocenters. The maximum absolute atomic E-state index is 11.4. The van der Waals surface area contributed by atoms with Crippen molar-refractivity contribution < 1.29 is 8.42 Å². The van der Waals surface area contributed by atoms with Crippen LogP contribution >= 0.6 is 0 Å². The highest BCUT2D eigenvalue weighted by Gasteiger charge is 2.32. The summed E-state index contributed by atoms with van der Waals surface area (Å²) in [6.45, 7) is 4.00. The molecule has 0 aromatic heterocycles. The molecule has 0 aliphatic heterocycles. The average Bonchev–Trinajstić information content (AvgIpc) is 3.07. The normalized spacial score (nSPS) is 20.7. The van der Waals surface area contributed by atoms with E-state index in [1.807, 2.05) is 7.05 Å². The van der Waals surface area contributed by atoms with Crippen LogP contribution in [0.4, 0.5) is 0 Å². The molecule has 0 aromatic rings. The van der Waals surface area contributed by atoms with Gasteiger partial charge < -0.3 is 5.32 Å². The average molecular weight is 247 g/mol. The quantitative estimate of drug-likeness (QED) is 0.712. The molecule has 0 saturated heterocycles. The topological polar surface area (TPSA) is 46.2 Å². The molecule has 1 aliphatic carbocycles. The van der Waals surface area contributed by atoms with E-state index < -0.39 is 9.84 Å². The van der Waals surface area contributed by atoms with Gasteiger partial charge >= 0.3 is 0 Å². The summed E-state index contributed by atoms with van der Waals surface area (Å²) in [6.07, 6.45) is 4.48. The Bertz CT molecular complexity index is 296. The highest BCUT2D eigenvalue weighted by molar-refractivity contribution is 7.91. The second-order valence-electron chi connectivity index (χ2n) is 4.97. The summed E-state index contributed by atoms with van der Waals surface area (Å²) in [5.41, 5.74) is 0. The van der Waals surface area contributed by atoms with Gasteiger partial charge in [0.2, 0.25) is 0 Å². The molecule has 0 spiro atoms. The lowest BCUT2D eigenvalue weighted by atomic mass is 9.93. The zero-order valence-electron chi connectivity index (χ0n) is 10.7. The first-order chi connectivity index (χ1) is 7.50. The van der Waals surface area contributed by atoms with Crippen LogP contribution in [0.1, 0.15) is 39.5 Å². The molecule has 0 aromatic carbocycles. The van der Waals surface area contributed by atoms with Crippen molar-refractivity contribution in [1.82, 2.24) is 5.32 Å². The molecule has 2 atom stereocenters. The van der Waals surface area contributed by atoms with Gasteiger partial charge in [-0.3, -0.25) is 0 Å². The summed E-state index contributed by atoms with van der Waals surface area (Å²) in [5, 5.41) is 3.33. The predicted molar refractivity (Wildman–Crippen MR) is 68.3 cm³/mol. The van der Waals surface area contributed by atoms with E-state index >= 15 is 0 Å². The number of rotatable bonds is 8. The molecule has 1 N–H and O–H groups in total. The monoisotopic (exact) mass is 247 g/mol. The van der Waals surface area contributed by atoms with Crippen molar-refractivity contribution >= 4 is 9.84 Å². The molecule has 0 heterocycles. The highest BCUT2D eigenvalue weighted by Crippen LogP contribution is 2.38. The molecule has 1 saturated carbocycles. The first-order valence-corrected chi connectivity index (χ1v) is 8.20. The van der Waals surface area contributed by atoms with Crippen molar-refractivity contribution in [2.24, 2.45) is 11.8 Å². The number of sulfone groups is 1. The number of nitrogens with one attached hydrogen (secondary N) is 1. The van der Waals surface area contributed by atoms with E-state index in [4.69, 9.17) is 0 Å². The van der Waals surface area contributed by atoms with Gasteiger partial charge in [-0.1, -0.05) is 13.8 Å².